The van der Waals surface area contributed by atoms with E-state index >= 15 is 0 Å². The summed E-state index contributed by atoms with van der Waals surface area (Å²) in [5.41, 5.74) is 4.16. The van der Waals surface area contributed by atoms with Crippen LogP contribution in [0, 0.1) is 0 Å². The molecule has 48 heavy (non-hydrogen) atoms. The Kier molecular flexibility index (Phi) is 11.2. The van der Waals surface area contributed by atoms with Crippen molar-refractivity contribution in [2.24, 2.45) is 0 Å². The number of hydrogen-bond donors (Lipinski definition) is 3. The molecule has 0 radical (unpaired) electrons. The van der Waals surface area contributed by atoms with Gasteiger partial charge in [0.1, 0.15) is 17.1 Å². The quantitative estimate of drug-likeness (QED) is 0.152. The lowest BCUT2D eigenvalue weighted by Crippen LogP contribution is -2.33. The van der Waals surface area contributed by atoms with Crippen LogP contribution in [-0.4, -0.2) is 51.3 Å². The first-order valence-corrected chi connectivity index (χ1v) is 18.3. The third kappa shape index (κ3) is 7.97. The van der Waals surface area contributed by atoms with Gasteiger partial charge >= 0.3 is 0 Å². The first kappa shape index (κ1) is 34.2. The minimum atomic E-state index is -1.19. The predicted molar refractivity (Wildman–Crippen MR) is 195 cm³/mol. The maximum Gasteiger partial charge on any atom is 0.120 e. The van der Waals surface area contributed by atoms with Gasteiger partial charge < -0.3 is 15.3 Å². The number of benzene rings is 4. The van der Waals surface area contributed by atoms with Crippen molar-refractivity contribution in [3.8, 4) is 11.5 Å². The fourth-order valence-electron chi connectivity index (χ4n) is 7.95. The molecule has 0 saturated carbocycles. The van der Waals surface area contributed by atoms with Gasteiger partial charge in [0.15, 0.2) is 0 Å². The maximum atomic E-state index is 12.6. The van der Waals surface area contributed by atoms with Gasteiger partial charge in [-0.2, -0.15) is 0 Å². The third-order valence-corrected chi connectivity index (χ3v) is 11.1. The van der Waals surface area contributed by atoms with Gasteiger partial charge in [-0.15, -0.1) is 0 Å². The van der Waals surface area contributed by atoms with E-state index in [1.807, 2.05) is 72.8 Å². The molecule has 2 heterocycles. The van der Waals surface area contributed by atoms with Crippen LogP contribution in [0.1, 0.15) is 105 Å². The molecule has 3 N–H and O–H groups in total. The zero-order valence-electron chi connectivity index (χ0n) is 28.8. The lowest BCUT2D eigenvalue weighted by Gasteiger charge is -2.37. The largest absolute Gasteiger partial charge is 0.508 e. The molecule has 4 aromatic carbocycles. The Bertz CT molecular complexity index is 1480. The van der Waals surface area contributed by atoms with Crippen molar-refractivity contribution < 1.29 is 15.3 Å². The molecule has 2 aliphatic heterocycles. The van der Waals surface area contributed by atoms with Gasteiger partial charge in [-0.05, 0) is 111 Å². The summed E-state index contributed by atoms with van der Waals surface area (Å²) < 4.78 is 0. The van der Waals surface area contributed by atoms with Gasteiger partial charge in [0.25, 0.3) is 0 Å². The summed E-state index contributed by atoms with van der Waals surface area (Å²) in [4.78, 5) is 4.96. The van der Waals surface area contributed by atoms with E-state index in [4.69, 9.17) is 0 Å². The minimum Gasteiger partial charge on any atom is -0.508 e. The van der Waals surface area contributed by atoms with Crippen LogP contribution in [0.3, 0.4) is 0 Å². The monoisotopic (exact) mass is 646 g/mol. The minimum absolute atomic E-state index is 0.336. The van der Waals surface area contributed by atoms with Crippen LogP contribution < -0.4 is 0 Å². The first-order valence-electron chi connectivity index (χ1n) is 18.3. The van der Waals surface area contributed by atoms with Gasteiger partial charge in [0.2, 0.25) is 0 Å². The first-order chi connectivity index (χ1) is 23.3. The average Bonchev–Trinajstić information content (AvgIpc) is 3.55. The summed E-state index contributed by atoms with van der Waals surface area (Å²) in [5, 5.41) is 34.8. The fraction of sp³-hybridized carbons (Fsp3) is 0.442. The number of likely N-dealkylation sites (tertiary alicyclic amines) is 2. The Morgan fingerprint density at radius 2 is 0.896 bits per heavy atom. The van der Waals surface area contributed by atoms with E-state index in [1.54, 1.807) is 0 Å². The van der Waals surface area contributed by atoms with E-state index in [0.29, 0.717) is 24.3 Å². The van der Waals surface area contributed by atoms with Crippen LogP contribution in [0.2, 0.25) is 0 Å². The lowest BCUT2D eigenvalue weighted by molar-refractivity contribution is 0.0635. The Hall–Kier alpha value is -3.64. The van der Waals surface area contributed by atoms with Crippen molar-refractivity contribution in [3.63, 3.8) is 0 Å². The Morgan fingerprint density at radius 3 is 1.29 bits per heavy atom. The molecular weight excluding hydrogens is 592 g/mol. The van der Waals surface area contributed by atoms with E-state index in [1.165, 1.54) is 51.4 Å². The molecule has 5 heteroatoms. The van der Waals surface area contributed by atoms with Crippen LogP contribution in [0.15, 0.2) is 97.1 Å². The van der Waals surface area contributed by atoms with Crippen LogP contribution in [0.4, 0.5) is 0 Å². The van der Waals surface area contributed by atoms with Crippen LogP contribution >= 0.6 is 0 Å². The summed E-state index contributed by atoms with van der Waals surface area (Å²) >= 11 is 0. The van der Waals surface area contributed by atoms with Crippen molar-refractivity contribution in [2.75, 3.05) is 26.2 Å². The molecule has 2 saturated heterocycles. The second-order valence-corrected chi connectivity index (χ2v) is 14.5. The molecule has 5 nitrogen and oxygen atoms in total. The molecule has 0 atom stereocenters. The molecule has 0 aliphatic carbocycles. The molecule has 6 rings (SSSR count). The highest BCUT2D eigenvalue weighted by Crippen LogP contribution is 2.44. The molecule has 2 fully saturated rings. The highest BCUT2D eigenvalue weighted by molar-refractivity contribution is 5.48. The van der Waals surface area contributed by atoms with Crippen molar-refractivity contribution >= 4 is 0 Å². The lowest BCUT2D eigenvalue weighted by atomic mass is 9.69. The number of aliphatic hydroxyl groups is 1. The second-order valence-electron chi connectivity index (χ2n) is 14.5. The van der Waals surface area contributed by atoms with E-state index < -0.39 is 11.0 Å². The molecule has 0 unspecified atom stereocenters. The SMILES string of the molecule is CC(CCC(O)(c1ccccc1)c1ccccc1)(c1ccc(O)c(CN2CCCCCC2)c1)c1ccc(O)c(CN2CCCCCC2)c1. The van der Waals surface area contributed by atoms with Gasteiger partial charge in [-0.1, -0.05) is 105 Å². The summed E-state index contributed by atoms with van der Waals surface area (Å²) in [6.07, 6.45) is 11.0. The van der Waals surface area contributed by atoms with Crippen LogP contribution in [0.25, 0.3) is 0 Å². The summed E-state index contributed by atoms with van der Waals surface area (Å²) in [5.74, 6) is 0.672. The Labute approximate surface area is 287 Å². The Balaban J connectivity index is 1.40. The normalized spacial score (nSPS) is 17.1. The van der Waals surface area contributed by atoms with E-state index in [0.717, 1.165) is 72.6 Å². The van der Waals surface area contributed by atoms with Gasteiger partial charge in [-0.25, -0.2) is 0 Å². The second kappa shape index (κ2) is 15.7. The van der Waals surface area contributed by atoms with Crippen molar-refractivity contribution in [3.05, 3.63) is 130 Å². The number of phenolic OH excluding ortho intramolecular Hbond substituents is 2. The highest BCUT2D eigenvalue weighted by Gasteiger charge is 2.37. The maximum absolute atomic E-state index is 12.6. The zero-order chi connectivity index (χ0) is 33.4. The summed E-state index contributed by atoms with van der Waals surface area (Å²) in [6.45, 7) is 7.94. The fourth-order valence-corrected chi connectivity index (χ4v) is 7.95. The van der Waals surface area contributed by atoms with Crippen molar-refractivity contribution in [2.45, 2.75) is 95.2 Å². The van der Waals surface area contributed by atoms with Gasteiger partial charge in [-0.3, -0.25) is 9.80 Å². The van der Waals surface area contributed by atoms with E-state index in [-0.39, 0.29) is 0 Å². The number of hydrogen-bond acceptors (Lipinski definition) is 5. The zero-order valence-corrected chi connectivity index (χ0v) is 28.8. The molecule has 0 amide bonds. The summed E-state index contributed by atoms with van der Waals surface area (Å²) in [7, 11) is 0. The molecule has 4 aromatic rings. The van der Waals surface area contributed by atoms with Crippen LogP contribution in [-0.2, 0) is 24.1 Å². The van der Waals surface area contributed by atoms with E-state index in [2.05, 4.69) is 41.0 Å². The molecule has 0 aromatic heterocycles. The number of rotatable bonds is 11. The number of nitrogens with zero attached hydrogens (tertiary/aromatic N) is 2. The number of phenols is 2. The third-order valence-electron chi connectivity index (χ3n) is 11.1. The molecule has 0 spiro atoms. The molecule has 254 valence electrons. The number of aromatic hydroxyl groups is 2. The predicted octanol–water partition coefficient (Wildman–Crippen LogP) is 8.87. The van der Waals surface area contributed by atoms with Gasteiger partial charge in [0.05, 0.1) is 0 Å². The molecule has 2 aliphatic rings. The average molecular weight is 647 g/mol. The van der Waals surface area contributed by atoms with E-state index in [9.17, 15) is 15.3 Å². The molecular formula is C43H54N2O3. The Morgan fingerprint density at radius 1 is 0.500 bits per heavy atom. The smallest absolute Gasteiger partial charge is 0.120 e. The topological polar surface area (TPSA) is 67.2 Å². The highest BCUT2D eigenvalue weighted by atomic mass is 16.3. The molecule has 0 bridgehead atoms. The van der Waals surface area contributed by atoms with Crippen LogP contribution in [0.5, 0.6) is 11.5 Å². The van der Waals surface area contributed by atoms with Crippen molar-refractivity contribution in [1.82, 2.24) is 9.80 Å². The van der Waals surface area contributed by atoms with Crippen molar-refractivity contribution in [1.29, 1.82) is 0 Å². The standard InChI is InChI=1S/C43H54N2O3/c1-42(38-20-22-40(46)34(30-38)32-44-26-12-2-3-13-27-44,39-21-23-41(47)35(31-39)33-45-28-14-4-5-15-29-45)24-25-43(48,36-16-8-6-9-17-36)37-18-10-7-11-19-37/h6-11,16-23,30-31,46-48H,2-5,12-15,24-29,32-33H2,1H3. The van der Waals surface area contributed by atoms with Gasteiger partial charge in [0, 0.05) is 29.6 Å². The summed E-state index contributed by atoms with van der Waals surface area (Å²) in [6, 6.07) is 32.3.